The number of benzene rings is 1. The fraction of sp³-hybridized carbons (Fsp3) is 0.273. The molecule has 0 saturated heterocycles. The van der Waals surface area contributed by atoms with Gasteiger partial charge in [-0.15, -0.1) is 0 Å². The second-order valence-corrected chi connectivity index (χ2v) is 6.03. The van der Waals surface area contributed by atoms with Gasteiger partial charge in [-0.3, -0.25) is 0 Å². The summed E-state index contributed by atoms with van der Waals surface area (Å²) in [5.41, 5.74) is 23.0. The van der Waals surface area contributed by atoms with E-state index < -0.39 is 0 Å². The first-order valence-electron chi connectivity index (χ1n) is 8.73. The summed E-state index contributed by atoms with van der Waals surface area (Å²) in [5.74, 6) is 0. The summed E-state index contributed by atoms with van der Waals surface area (Å²) >= 11 is 0. The predicted octanol–water partition coefficient (Wildman–Crippen LogP) is 4.55. The van der Waals surface area contributed by atoms with Gasteiger partial charge >= 0.3 is 0 Å². The van der Waals surface area contributed by atoms with Gasteiger partial charge in [0, 0.05) is 30.2 Å². The number of hydrogen-bond acceptors (Lipinski definition) is 4. The molecular formula is C22H34N4. The largest absolute Gasteiger partial charge is 0.403 e. The molecule has 0 aromatic heterocycles. The van der Waals surface area contributed by atoms with Crippen LogP contribution in [0.2, 0.25) is 0 Å². The van der Waals surface area contributed by atoms with Gasteiger partial charge in [-0.2, -0.15) is 0 Å². The topological polar surface area (TPSA) is 81.3 Å². The van der Waals surface area contributed by atoms with E-state index in [0.717, 1.165) is 28.1 Å². The van der Waals surface area contributed by atoms with Crippen LogP contribution in [0.15, 0.2) is 72.8 Å². The van der Waals surface area contributed by atoms with Crippen molar-refractivity contribution in [1.29, 1.82) is 0 Å². The lowest BCUT2D eigenvalue weighted by Gasteiger charge is -2.24. The average Bonchev–Trinajstić information content (AvgIpc) is 2.58. The molecule has 0 aliphatic heterocycles. The molecule has 0 amide bonds. The monoisotopic (exact) mass is 354 g/mol. The number of rotatable bonds is 6. The van der Waals surface area contributed by atoms with Crippen molar-refractivity contribution in [2.75, 3.05) is 11.9 Å². The second-order valence-electron chi connectivity index (χ2n) is 6.03. The lowest BCUT2D eigenvalue weighted by atomic mass is 10.1. The maximum atomic E-state index is 5.91. The molecule has 0 unspecified atom stereocenters. The predicted molar refractivity (Wildman–Crippen MR) is 117 cm³/mol. The maximum absolute atomic E-state index is 5.91. The Morgan fingerprint density at radius 3 is 2.19 bits per heavy atom. The number of hydrogen-bond donors (Lipinski definition) is 3. The van der Waals surface area contributed by atoms with Crippen molar-refractivity contribution >= 4 is 11.4 Å². The van der Waals surface area contributed by atoms with Crippen molar-refractivity contribution < 1.29 is 0 Å². The molecule has 0 aliphatic rings. The van der Waals surface area contributed by atoms with E-state index >= 15 is 0 Å². The Bertz CT molecular complexity index is 709. The normalized spacial score (nSPS) is 11.7. The highest BCUT2D eigenvalue weighted by atomic mass is 15.1. The third-order valence-electron chi connectivity index (χ3n) is 3.44. The van der Waals surface area contributed by atoms with Gasteiger partial charge in [-0.1, -0.05) is 57.7 Å². The lowest BCUT2D eigenvalue weighted by Crippen LogP contribution is -2.19. The first kappa shape index (κ1) is 23.1. The van der Waals surface area contributed by atoms with Gasteiger partial charge in [0.2, 0.25) is 0 Å². The molecule has 0 atom stereocenters. The Morgan fingerprint density at radius 2 is 1.77 bits per heavy atom. The molecule has 0 fully saturated rings. The molecule has 0 saturated carbocycles. The lowest BCUT2D eigenvalue weighted by molar-refractivity contribution is 1.09. The molecule has 6 N–H and O–H groups in total. The molecule has 4 nitrogen and oxygen atoms in total. The highest BCUT2D eigenvalue weighted by Crippen LogP contribution is 2.28. The van der Waals surface area contributed by atoms with E-state index in [-0.39, 0.29) is 0 Å². The molecule has 4 heteroatoms. The van der Waals surface area contributed by atoms with Gasteiger partial charge < -0.3 is 22.1 Å². The van der Waals surface area contributed by atoms with Crippen LogP contribution in [0.4, 0.5) is 5.69 Å². The van der Waals surface area contributed by atoms with Crippen LogP contribution in [0.25, 0.3) is 5.70 Å². The van der Waals surface area contributed by atoms with E-state index in [2.05, 4.69) is 27.0 Å². The number of nitrogens with two attached hydrogens (primary N) is 3. The number of likely N-dealkylation sites (N-methyl/N-ethyl adjacent to an activating group) is 1. The van der Waals surface area contributed by atoms with E-state index in [0.29, 0.717) is 11.4 Å². The fourth-order valence-electron chi connectivity index (χ4n) is 2.17. The zero-order chi connectivity index (χ0) is 20.3. The summed E-state index contributed by atoms with van der Waals surface area (Å²) in [6, 6.07) is 5.99. The Kier molecular flexibility index (Phi) is 10.3. The summed E-state index contributed by atoms with van der Waals surface area (Å²) < 4.78 is 0. The number of allylic oxidation sites excluding steroid dienone is 3. The van der Waals surface area contributed by atoms with Crippen molar-refractivity contribution in [3.8, 4) is 0 Å². The summed E-state index contributed by atoms with van der Waals surface area (Å²) in [5, 5.41) is 0. The van der Waals surface area contributed by atoms with E-state index in [9.17, 15) is 0 Å². The summed E-state index contributed by atoms with van der Waals surface area (Å²) in [6.45, 7) is 15.8. The van der Waals surface area contributed by atoms with Crippen LogP contribution in [0, 0.1) is 6.92 Å². The van der Waals surface area contributed by atoms with Gasteiger partial charge in [-0.05, 0) is 37.1 Å². The SMILES string of the molecule is C=C(N)C(/C=C\C)=C\C(=C/N)N(C)c1cc(C)ccc1C(=C)N.CCC. The summed E-state index contributed by atoms with van der Waals surface area (Å²) in [7, 11) is 1.92. The average molecular weight is 355 g/mol. The summed E-state index contributed by atoms with van der Waals surface area (Å²) in [4.78, 5) is 1.95. The molecule has 1 rings (SSSR count). The molecule has 26 heavy (non-hydrogen) atoms. The Morgan fingerprint density at radius 1 is 1.19 bits per heavy atom. The van der Waals surface area contributed by atoms with E-state index in [1.807, 2.05) is 62.2 Å². The van der Waals surface area contributed by atoms with E-state index in [1.54, 1.807) is 0 Å². The Labute approximate surface area is 159 Å². The van der Waals surface area contributed by atoms with Crippen LogP contribution in [0.1, 0.15) is 38.3 Å². The molecule has 0 spiro atoms. The van der Waals surface area contributed by atoms with Crippen molar-refractivity contribution in [2.24, 2.45) is 17.2 Å². The number of anilines is 1. The number of aryl methyl sites for hydroxylation is 1. The fourth-order valence-corrected chi connectivity index (χ4v) is 2.17. The standard InChI is InChI=1S/C19H26N4.C3H8/c1-6-7-16(14(3)21)11-17(12-20)23(5)19-10-13(2)8-9-18(19)15(4)22;1-3-2/h6-12H,3-4,20-22H2,1-2,5H3;3H2,1-2H3/b7-6-,16-11-,17-12+;. The number of nitrogens with zero attached hydrogens (tertiary/aromatic N) is 1. The minimum Gasteiger partial charge on any atom is -0.403 e. The van der Waals surface area contributed by atoms with Gasteiger partial charge in [0.25, 0.3) is 0 Å². The van der Waals surface area contributed by atoms with Crippen LogP contribution in [-0.4, -0.2) is 7.05 Å². The van der Waals surface area contributed by atoms with Crippen LogP contribution in [0.3, 0.4) is 0 Å². The molecule has 1 aromatic rings. The smallest absolute Gasteiger partial charge is 0.0572 e. The minimum absolute atomic E-state index is 0.476. The molecule has 142 valence electrons. The second kappa shape index (κ2) is 11.6. The zero-order valence-electron chi connectivity index (χ0n) is 16.8. The quantitative estimate of drug-likeness (QED) is 0.655. The van der Waals surface area contributed by atoms with Crippen LogP contribution < -0.4 is 22.1 Å². The van der Waals surface area contributed by atoms with Crippen LogP contribution >= 0.6 is 0 Å². The van der Waals surface area contributed by atoms with Gasteiger partial charge in [0.1, 0.15) is 0 Å². The third kappa shape index (κ3) is 6.93. The molecular weight excluding hydrogens is 320 g/mol. The van der Waals surface area contributed by atoms with Crippen LogP contribution in [0.5, 0.6) is 0 Å². The van der Waals surface area contributed by atoms with Crippen molar-refractivity contribution in [1.82, 2.24) is 0 Å². The Balaban J connectivity index is 0.00000194. The molecule has 1 aromatic carbocycles. The van der Waals surface area contributed by atoms with Gasteiger partial charge in [0.05, 0.1) is 11.4 Å². The van der Waals surface area contributed by atoms with Crippen molar-refractivity contribution in [2.45, 2.75) is 34.1 Å². The highest BCUT2D eigenvalue weighted by molar-refractivity contribution is 5.76. The molecule has 0 bridgehead atoms. The highest BCUT2D eigenvalue weighted by Gasteiger charge is 2.12. The van der Waals surface area contributed by atoms with E-state index in [1.165, 1.54) is 12.6 Å². The molecule has 0 heterocycles. The van der Waals surface area contributed by atoms with Crippen LogP contribution in [-0.2, 0) is 0 Å². The van der Waals surface area contributed by atoms with E-state index in [4.69, 9.17) is 17.2 Å². The van der Waals surface area contributed by atoms with Crippen molar-refractivity contribution in [3.63, 3.8) is 0 Å². The maximum Gasteiger partial charge on any atom is 0.0572 e. The first-order valence-corrected chi connectivity index (χ1v) is 8.73. The zero-order valence-corrected chi connectivity index (χ0v) is 16.8. The summed E-state index contributed by atoms with van der Waals surface area (Å²) in [6.07, 6.45) is 8.45. The third-order valence-corrected chi connectivity index (χ3v) is 3.44. The van der Waals surface area contributed by atoms with Gasteiger partial charge in [0.15, 0.2) is 0 Å². The molecule has 0 radical (unpaired) electrons. The first-order chi connectivity index (χ1) is 12.2. The Hall–Kier alpha value is -2.88. The minimum atomic E-state index is 0.476. The van der Waals surface area contributed by atoms with Crippen molar-refractivity contribution in [3.05, 3.63) is 83.9 Å². The van der Waals surface area contributed by atoms with Gasteiger partial charge in [-0.25, -0.2) is 0 Å². The molecule has 0 aliphatic carbocycles.